The van der Waals surface area contributed by atoms with Gasteiger partial charge in [0, 0.05) is 17.5 Å². The largest absolute Gasteiger partial charge is 0.354 e. The third-order valence-electron chi connectivity index (χ3n) is 3.00. The fraction of sp³-hybridized carbons (Fsp3) is 0.462. The molecular weight excluding hydrogens is 232 g/mol. The molecule has 92 valence electrons. The summed E-state index contributed by atoms with van der Waals surface area (Å²) in [6.07, 6.45) is 1.71. The van der Waals surface area contributed by atoms with E-state index in [0.717, 1.165) is 12.8 Å². The van der Waals surface area contributed by atoms with Gasteiger partial charge in [-0.05, 0) is 24.5 Å². The van der Waals surface area contributed by atoms with Gasteiger partial charge in [0.25, 0.3) is 0 Å². The van der Waals surface area contributed by atoms with Crippen molar-refractivity contribution in [3.05, 3.63) is 29.8 Å². The molecule has 4 heteroatoms. The van der Waals surface area contributed by atoms with Gasteiger partial charge in [0.2, 0.25) is 5.91 Å². The Bertz CT molecular complexity index is 383. The van der Waals surface area contributed by atoms with Crippen LogP contribution >= 0.6 is 11.8 Å². The molecule has 1 aliphatic heterocycles. The number of thioether (sulfide) groups is 1. The molecule has 2 unspecified atom stereocenters. The molecule has 0 bridgehead atoms. The van der Waals surface area contributed by atoms with Gasteiger partial charge >= 0.3 is 0 Å². The first-order valence-corrected chi connectivity index (χ1v) is 6.86. The van der Waals surface area contributed by atoms with Crippen molar-refractivity contribution in [1.82, 2.24) is 5.32 Å². The maximum absolute atomic E-state index is 11.9. The second kappa shape index (κ2) is 5.56. The lowest BCUT2D eigenvalue weighted by atomic mass is 10.1. The number of nitrogens with one attached hydrogen (secondary N) is 1. The van der Waals surface area contributed by atoms with Crippen LogP contribution in [0, 0.1) is 0 Å². The number of nitrogens with two attached hydrogens (primary N) is 1. The summed E-state index contributed by atoms with van der Waals surface area (Å²) in [6.45, 7) is 2.60. The minimum absolute atomic E-state index is 0.0106. The zero-order valence-corrected chi connectivity index (χ0v) is 10.8. The first-order chi connectivity index (χ1) is 8.20. The predicted molar refractivity (Wildman–Crippen MR) is 71.1 cm³/mol. The number of benzene rings is 1. The van der Waals surface area contributed by atoms with Crippen LogP contribution in [0.4, 0.5) is 0 Å². The van der Waals surface area contributed by atoms with Crippen LogP contribution in [0.1, 0.15) is 18.9 Å². The molecule has 0 aromatic heterocycles. The Morgan fingerprint density at radius 3 is 3.06 bits per heavy atom. The summed E-state index contributed by atoms with van der Waals surface area (Å²) < 4.78 is 0. The average Bonchev–Trinajstić information content (AvgIpc) is 2.79. The summed E-state index contributed by atoms with van der Waals surface area (Å²) in [5.41, 5.74) is 7.06. The summed E-state index contributed by atoms with van der Waals surface area (Å²) in [4.78, 5) is 13.2. The zero-order chi connectivity index (χ0) is 12.3. The topological polar surface area (TPSA) is 55.1 Å². The molecule has 3 N–H and O–H groups in total. The lowest BCUT2D eigenvalue weighted by Crippen LogP contribution is -2.40. The van der Waals surface area contributed by atoms with Crippen LogP contribution in [0.3, 0.4) is 0 Å². The summed E-state index contributed by atoms with van der Waals surface area (Å²) in [5.74, 6) is 0.107. The number of carbonyl (C=O) groups excluding carboxylic acids is 1. The van der Waals surface area contributed by atoms with E-state index in [4.69, 9.17) is 5.73 Å². The molecule has 1 aromatic rings. The molecule has 0 spiro atoms. The average molecular weight is 250 g/mol. The molecule has 0 radical (unpaired) electrons. The highest BCUT2D eigenvalue weighted by atomic mass is 32.2. The minimum atomic E-state index is 0.0106. The highest BCUT2D eigenvalue weighted by Crippen LogP contribution is 2.36. The van der Waals surface area contributed by atoms with E-state index in [1.165, 1.54) is 10.5 Å². The van der Waals surface area contributed by atoms with Crippen molar-refractivity contribution in [3.63, 3.8) is 0 Å². The minimum Gasteiger partial charge on any atom is -0.354 e. The quantitative estimate of drug-likeness (QED) is 0.852. The maximum atomic E-state index is 11.9. The predicted octanol–water partition coefficient (Wildman–Crippen LogP) is 1.56. The molecule has 1 heterocycles. The van der Waals surface area contributed by atoms with Gasteiger partial charge in [-0.1, -0.05) is 25.1 Å². The van der Waals surface area contributed by atoms with Crippen molar-refractivity contribution < 1.29 is 4.79 Å². The maximum Gasteiger partial charge on any atom is 0.233 e. The summed E-state index contributed by atoms with van der Waals surface area (Å²) in [6, 6.07) is 8.26. The second-order valence-corrected chi connectivity index (χ2v) is 5.58. The first kappa shape index (κ1) is 12.5. The Balaban J connectivity index is 1.88. The van der Waals surface area contributed by atoms with Crippen molar-refractivity contribution >= 4 is 17.7 Å². The molecule has 0 fully saturated rings. The summed E-state index contributed by atoms with van der Waals surface area (Å²) in [5, 5.41) is 2.94. The fourth-order valence-corrected chi connectivity index (χ4v) is 3.04. The third kappa shape index (κ3) is 3.01. The Kier molecular flexibility index (Phi) is 4.07. The Morgan fingerprint density at radius 1 is 1.59 bits per heavy atom. The molecule has 2 atom stereocenters. The van der Waals surface area contributed by atoms with E-state index < -0.39 is 0 Å². The fourth-order valence-electron chi connectivity index (χ4n) is 1.82. The van der Waals surface area contributed by atoms with Gasteiger partial charge in [0.05, 0.1) is 5.25 Å². The lowest BCUT2D eigenvalue weighted by Gasteiger charge is -2.13. The van der Waals surface area contributed by atoms with Crippen molar-refractivity contribution in [2.24, 2.45) is 5.73 Å². The van der Waals surface area contributed by atoms with Gasteiger partial charge in [-0.3, -0.25) is 4.79 Å². The SMILES string of the molecule is CCC(N)CNC(=O)C1Cc2ccccc2S1. The van der Waals surface area contributed by atoms with Crippen molar-refractivity contribution in [2.75, 3.05) is 6.54 Å². The van der Waals surface area contributed by atoms with Gasteiger partial charge in [0.1, 0.15) is 0 Å². The van der Waals surface area contributed by atoms with E-state index in [-0.39, 0.29) is 17.2 Å². The van der Waals surface area contributed by atoms with Gasteiger partial charge in [0.15, 0.2) is 0 Å². The molecule has 2 rings (SSSR count). The molecule has 1 amide bonds. The second-order valence-electron chi connectivity index (χ2n) is 4.33. The number of amides is 1. The summed E-state index contributed by atoms with van der Waals surface area (Å²) in [7, 11) is 0. The van der Waals surface area contributed by atoms with Gasteiger partial charge in [-0.15, -0.1) is 11.8 Å². The zero-order valence-electron chi connectivity index (χ0n) is 9.98. The molecule has 0 saturated heterocycles. The Labute approximate surface area is 106 Å². The third-order valence-corrected chi connectivity index (χ3v) is 4.32. The van der Waals surface area contributed by atoms with Crippen LogP contribution in [0.25, 0.3) is 0 Å². The lowest BCUT2D eigenvalue weighted by molar-refractivity contribution is -0.120. The van der Waals surface area contributed by atoms with Gasteiger partial charge in [-0.25, -0.2) is 0 Å². The van der Waals surface area contributed by atoms with Crippen LogP contribution < -0.4 is 11.1 Å². The first-order valence-electron chi connectivity index (χ1n) is 5.98. The molecule has 3 nitrogen and oxygen atoms in total. The van der Waals surface area contributed by atoms with Crippen molar-refractivity contribution in [2.45, 2.75) is 36.0 Å². The normalized spacial score (nSPS) is 19.8. The smallest absolute Gasteiger partial charge is 0.233 e. The highest BCUT2D eigenvalue weighted by molar-refractivity contribution is 8.01. The Hall–Kier alpha value is -1.00. The van der Waals surface area contributed by atoms with Crippen LogP contribution in [0.2, 0.25) is 0 Å². The van der Waals surface area contributed by atoms with Crippen LogP contribution in [0.5, 0.6) is 0 Å². The molecule has 1 aliphatic rings. The number of fused-ring (bicyclic) bond motifs is 1. The number of rotatable bonds is 4. The van der Waals surface area contributed by atoms with E-state index in [1.807, 2.05) is 19.1 Å². The highest BCUT2D eigenvalue weighted by Gasteiger charge is 2.27. The molecule has 17 heavy (non-hydrogen) atoms. The van der Waals surface area contributed by atoms with E-state index in [0.29, 0.717) is 6.54 Å². The standard InChI is InChI=1S/C13H18N2OS/c1-2-10(14)8-15-13(16)12-7-9-5-3-4-6-11(9)17-12/h3-6,10,12H,2,7-8,14H2,1H3,(H,15,16). The number of hydrogen-bond donors (Lipinski definition) is 2. The van der Waals surface area contributed by atoms with Crippen LogP contribution in [-0.2, 0) is 11.2 Å². The van der Waals surface area contributed by atoms with E-state index in [1.54, 1.807) is 11.8 Å². The number of carbonyl (C=O) groups is 1. The van der Waals surface area contributed by atoms with Crippen LogP contribution in [0.15, 0.2) is 29.2 Å². The van der Waals surface area contributed by atoms with E-state index in [2.05, 4.69) is 17.4 Å². The van der Waals surface area contributed by atoms with E-state index >= 15 is 0 Å². The van der Waals surface area contributed by atoms with Gasteiger partial charge in [-0.2, -0.15) is 0 Å². The van der Waals surface area contributed by atoms with E-state index in [9.17, 15) is 4.79 Å². The molecule has 0 aliphatic carbocycles. The van der Waals surface area contributed by atoms with Crippen molar-refractivity contribution in [3.8, 4) is 0 Å². The molecule has 0 saturated carbocycles. The molecular formula is C13H18N2OS. The van der Waals surface area contributed by atoms with Gasteiger partial charge < -0.3 is 11.1 Å². The van der Waals surface area contributed by atoms with Crippen LogP contribution in [-0.4, -0.2) is 23.7 Å². The monoisotopic (exact) mass is 250 g/mol. The van der Waals surface area contributed by atoms with Crippen molar-refractivity contribution in [1.29, 1.82) is 0 Å². The summed E-state index contributed by atoms with van der Waals surface area (Å²) >= 11 is 1.65. The molecule has 1 aromatic carbocycles. The number of hydrogen-bond acceptors (Lipinski definition) is 3. The Morgan fingerprint density at radius 2 is 2.35 bits per heavy atom.